The molecule has 11 heteroatoms. The number of halogens is 1. The topological polar surface area (TPSA) is 104 Å². The Kier molecular flexibility index (Phi) is 5.85. The minimum absolute atomic E-state index is 0.0703. The number of sulfonamides is 1. The molecule has 0 saturated carbocycles. The summed E-state index contributed by atoms with van der Waals surface area (Å²) in [6.45, 7) is 1.68. The summed E-state index contributed by atoms with van der Waals surface area (Å²) in [6.07, 6.45) is 0. The van der Waals surface area contributed by atoms with E-state index < -0.39 is 15.8 Å². The number of aryl methyl sites for hydroxylation is 1. The first-order valence-corrected chi connectivity index (χ1v) is 11.6. The van der Waals surface area contributed by atoms with E-state index in [0.717, 1.165) is 0 Å². The summed E-state index contributed by atoms with van der Waals surface area (Å²) < 4.78 is 57.8. The maximum Gasteiger partial charge on any atom is 0.268 e. The second-order valence-electron chi connectivity index (χ2n) is 6.64. The lowest BCUT2D eigenvalue weighted by atomic mass is 10.2. The molecule has 8 nitrogen and oxygen atoms in total. The summed E-state index contributed by atoms with van der Waals surface area (Å²) in [6, 6.07) is 12.0. The minimum atomic E-state index is -3.93. The van der Waals surface area contributed by atoms with Crippen LogP contribution in [0.5, 0.6) is 11.5 Å². The van der Waals surface area contributed by atoms with Gasteiger partial charge in [-0.15, -0.1) is 11.3 Å². The first kappa shape index (κ1) is 21.8. The van der Waals surface area contributed by atoms with Crippen molar-refractivity contribution in [3.05, 3.63) is 59.2 Å². The number of anilines is 1. The molecule has 0 spiro atoms. The van der Waals surface area contributed by atoms with Gasteiger partial charge in [0.05, 0.1) is 24.8 Å². The second-order valence-corrected chi connectivity index (χ2v) is 9.54. The standard InChI is InChI=1S/C21H18FN3O5S2/c1-12-19(32(26,27)25-16-8-7-15(28-2)10-17(16)29-3)11-18(31-12)21-23-20(24-30-21)13-5-4-6-14(22)9-13/h4-11,25H,1-3H3. The Hall–Kier alpha value is -3.44. The van der Waals surface area contributed by atoms with Crippen LogP contribution in [0.25, 0.3) is 22.2 Å². The van der Waals surface area contributed by atoms with Crippen molar-refractivity contribution in [1.29, 1.82) is 0 Å². The van der Waals surface area contributed by atoms with Crippen LogP contribution in [-0.4, -0.2) is 32.8 Å². The summed E-state index contributed by atoms with van der Waals surface area (Å²) in [5.74, 6) is 0.771. The van der Waals surface area contributed by atoms with E-state index in [1.165, 1.54) is 43.8 Å². The zero-order valence-electron chi connectivity index (χ0n) is 17.2. The molecule has 2 heterocycles. The summed E-state index contributed by atoms with van der Waals surface area (Å²) in [7, 11) is -0.991. The van der Waals surface area contributed by atoms with Crippen LogP contribution in [0.1, 0.15) is 4.88 Å². The Morgan fingerprint density at radius 3 is 2.62 bits per heavy atom. The average Bonchev–Trinajstić information content (AvgIpc) is 3.41. The number of hydrogen-bond acceptors (Lipinski definition) is 8. The first-order chi connectivity index (χ1) is 15.3. The van der Waals surface area contributed by atoms with E-state index in [9.17, 15) is 12.8 Å². The van der Waals surface area contributed by atoms with Gasteiger partial charge in [-0.05, 0) is 37.3 Å². The van der Waals surface area contributed by atoms with Gasteiger partial charge in [-0.1, -0.05) is 17.3 Å². The predicted molar refractivity (Wildman–Crippen MR) is 118 cm³/mol. The van der Waals surface area contributed by atoms with Crippen LogP contribution in [0.2, 0.25) is 0 Å². The van der Waals surface area contributed by atoms with Crippen molar-refractivity contribution in [3.8, 4) is 33.7 Å². The molecular formula is C21H18FN3O5S2. The molecule has 4 rings (SSSR count). The van der Waals surface area contributed by atoms with Gasteiger partial charge in [-0.25, -0.2) is 12.8 Å². The molecule has 0 aliphatic carbocycles. The van der Waals surface area contributed by atoms with Crippen molar-refractivity contribution in [3.63, 3.8) is 0 Å². The molecule has 1 N–H and O–H groups in total. The van der Waals surface area contributed by atoms with Crippen LogP contribution in [-0.2, 0) is 10.0 Å². The van der Waals surface area contributed by atoms with Gasteiger partial charge in [0.15, 0.2) is 0 Å². The van der Waals surface area contributed by atoms with Gasteiger partial charge in [0.25, 0.3) is 15.9 Å². The van der Waals surface area contributed by atoms with Crippen molar-refractivity contribution in [2.45, 2.75) is 11.8 Å². The molecule has 4 aromatic rings. The predicted octanol–water partition coefficient (Wildman–Crippen LogP) is 4.73. The van der Waals surface area contributed by atoms with Crippen LogP contribution in [0, 0.1) is 12.7 Å². The van der Waals surface area contributed by atoms with Gasteiger partial charge >= 0.3 is 0 Å². The fraction of sp³-hybridized carbons (Fsp3) is 0.143. The van der Waals surface area contributed by atoms with Gasteiger partial charge < -0.3 is 14.0 Å². The molecule has 0 unspecified atom stereocenters. The number of methoxy groups -OCH3 is 2. The summed E-state index contributed by atoms with van der Waals surface area (Å²) in [5.41, 5.74) is 0.723. The van der Waals surface area contributed by atoms with Crippen molar-refractivity contribution in [2.24, 2.45) is 0 Å². The van der Waals surface area contributed by atoms with Gasteiger partial charge in [-0.3, -0.25) is 4.72 Å². The maximum absolute atomic E-state index is 13.5. The third-order valence-corrected chi connectivity index (χ3v) is 7.19. The molecule has 32 heavy (non-hydrogen) atoms. The third-order valence-electron chi connectivity index (χ3n) is 4.53. The van der Waals surface area contributed by atoms with Crippen LogP contribution < -0.4 is 14.2 Å². The van der Waals surface area contributed by atoms with Crippen molar-refractivity contribution < 1.29 is 26.8 Å². The second kappa shape index (κ2) is 8.60. The smallest absolute Gasteiger partial charge is 0.268 e. The van der Waals surface area contributed by atoms with Gasteiger partial charge in [0, 0.05) is 16.5 Å². The first-order valence-electron chi connectivity index (χ1n) is 9.26. The fourth-order valence-corrected chi connectivity index (χ4v) is 5.57. The molecule has 2 aromatic carbocycles. The summed E-state index contributed by atoms with van der Waals surface area (Å²) >= 11 is 1.19. The van der Waals surface area contributed by atoms with E-state index in [-0.39, 0.29) is 22.3 Å². The monoisotopic (exact) mass is 475 g/mol. The van der Waals surface area contributed by atoms with Crippen LogP contribution in [0.4, 0.5) is 10.1 Å². The zero-order valence-corrected chi connectivity index (χ0v) is 18.9. The number of nitrogens with one attached hydrogen (secondary N) is 1. The molecule has 0 fully saturated rings. The average molecular weight is 476 g/mol. The zero-order chi connectivity index (χ0) is 22.9. The molecular weight excluding hydrogens is 457 g/mol. The van der Waals surface area contributed by atoms with Gasteiger partial charge in [0.1, 0.15) is 22.2 Å². The lowest BCUT2D eigenvalue weighted by molar-refractivity contribution is 0.395. The lowest BCUT2D eigenvalue weighted by Gasteiger charge is -2.12. The third kappa shape index (κ3) is 4.30. The largest absolute Gasteiger partial charge is 0.497 e. The minimum Gasteiger partial charge on any atom is -0.497 e. The van der Waals surface area contributed by atoms with Gasteiger partial charge in [-0.2, -0.15) is 4.98 Å². The maximum atomic E-state index is 13.5. The molecule has 2 aromatic heterocycles. The number of hydrogen-bond donors (Lipinski definition) is 1. The van der Waals surface area contributed by atoms with E-state index in [2.05, 4.69) is 14.9 Å². The Balaban J connectivity index is 1.64. The molecule has 0 radical (unpaired) electrons. The fourth-order valence-electron chi connectivity index (χ4n) is 2.99. The Morgan fingerprint density at radius 1 is 1.09 bits per heavy atom. The Morgan fingerprint density at radius 2 is 1.91 bits per heavy atom. The molecule has 166 valence electrons. The van der Waals surface area contributed by atoms with E-state index in [1.54, 1.807) is 37.3 Å². The summed E-state index contributed by atoms with van der Waals surface area (Å²) in [4.78, 5) is 5.35. The number of rotatable bonds is 7. The molecule has 0 amide bonds. The number of aromatic nitrogens is 2. The van der Waals surface area contributed by atoms with Crippen LogP contribution in [0.15, 0.2) is 57.9 Å². The van der Waals surface area contributed by atoms with E-state index in [0.29, 0.717) is 26.8 Å². The highest BCUT2D eigenvalue weighted by atomic mass is 32.2. The normalized spacial score (nSPS) is 11.4. The lowest BCUT2D eigenvalue weighted by Crippen LogP contribution is -2.13. The molecule has 0 aliphatic heterocycles. The highest BCUT2D eigenvalue weighted by molar-refractivity contribution is 7.93. The SMILES string of the molecule is COc1ccc(NS(=O)(=O)c2cc(-c3nc(-c4cccc(F)c4)no3)sc2C)c(OC)c1. The molecule has 0 atom stereocenters. The Bertz CT molecular complexity index is 1380. The van der Waals surface area contributed by atoms with E-state index >= 15 is 0 Å². The quantitative estimate of drug-likeness (QED) is 0.412. The van der Waals surface area contributed by atoms with E-state index in [4.69, 9.17) is 14.0 Å². The Labute approximate surface area is 187 Å². The van der Waals surface area contributed by atoms with Crippen molar-refractivity contribution >= 4 is 27.0 Å². The van der Waals surface area contributed by atoms with Crippen molar-refractivity contribution in [2.75, 3.05) is 18.9 Å². The van der Waals surface area contributed by atoms with Crippen molar-refractivity contribution in [1.82, 2.24) is 10.1 Å². The van der Waals surface area contributed by atoms with Gasteiger partial charge in [0.2, 0.25) is 5.82 Å². The number of benzene rings is 2. The number of thiophene rings is 1. The van der Waals surface area contributed by atoms with E-state index in [1.807, 2.05) is 0 Å². The van der Waals surface area contributed by atoms with Crippen LogP contribution in [0.3, 0.4) is 0 Å². The highest BCUT2D eigenvalue weighted by Crippen LogP contribution is 2.36. The molecule has 0 bridgehead atoms. The summed E-state index contributed by atoms with van der Waals surface area (Å²) in [5, 5.41) is 3.87. The van der Waals surface area contributed by atoms with Crippen LogP contribution >= 0.6 is 11.3 Å². The highest BCUT2D eigenvalue weighted by Gasteiger charge is 2.24. The molecule has 0 aliphatic rings. The number of ether oxygens (including phenoxy) is 2. The molecule has 0 saturated heterocycles. The number of nitrogens with zero attached hydrogens (tertiary/aromatic N) is 2.